The molecule has 2 heterocycles. The molecule has 2 aromatic carbocycles. The van der Waals surface area contributed by atoms with E-state index in [2.05, 4.69) is 34.6 Å². The minimum atomic E-state index is 0.0414. The molecular formula is C19H15N3OS2. The maximum Gasteiger partial charge on any atom is 0.247 e. The molecule has 0 unspecified atom stereocenters. The van der Waals surface area contributed by atoms with Crippen molar-refractivity contribution in [1.29, 1.82) is 0 Å². The van der Waals surface area contributed by atoms with Crippen LogP contribution in [0.2, 0.25) is 0 Å². The average Bonchev–Trinajstić information content (AvgIpc) is 3.33. The van der Waals surface area contributed by atoms with Crippen molar-refractivity contribution in [3.63, 3.8) is 0 Å². The van der Waals surface area contributed by atoms with Crippen LogP contribution in [0.3, 0.4) is 0 Å². The topological polar surface area (TPSA) is 51.8 Å². The summed E-state index contributed by atoms with van der Waals surface area (Å²) in [6, 6.07) is 20.0. The summed E-state index contributed by atoms with van der Waals surface area (Å²) < 4.78 is 6.82. The first-order valence-corrected chi connectivity index (χ1v) is 9.62. The zero-order valence-electron chi connectivity index (χ0n) is 13.5. The van der Waals surface area contributed by atoms with Crippen molar-refractivity contribution in [3.05, 3.63) is 71.9 Å². The minimum Gasteiger partial charge on any atom is -0.419 e. The highest BCUT2D eigenvalue weighted by molar-refractivity contribution is 8.01. The average molecular weight is 365 g/mol. The summed E-state index contributed by atoms with van der Waals surface area (Å²) in [7, 11) is 0. The van der Waals surface area contributed by atoms with Gasteiger partial charge >= 0.3 is 0 Å². The lowest BCUT2D eigenvalue weighted by molar-refractivity contribution is 0.509. The highest BCUT2D eigenvalue weighted by Crippen LogP contribution is 2.38. The first-order chi connectivity index (χ1) is 12.3. The van der Waals surface area contributed by atoms with Crippen LogP contribution in [0.1, 0.15) is 18.1 Å². The van der Waals surface area contributed by atoms with Gasteiger partial charge in [0.05, 0.1) is 10.9 Å². The molecule has 4 nitrogen and oxygen atoms in total. The van der Waals surface area contributed by atoms with Gasteiger partial charge < -0.3 is 4.42 Å². The Balaban J connectivity index is 1.49. The second-order valence-corrected chi connectivity index (χ2v) is 7.88. The Morgan fingerprint density at radius 2 is 1.60 bits per heavy atom. The van der Waals surface area contributed by atoms with Gasteiger partial charge in [-0.3, -0.25) is 0 Å². The smallest absolute Gasteiger partial charge is 0.247 e. The normalized spacial score (nSPS) is 12.2. The fourth-order valence-corrected chi connectivity index (χ4v) is 4.35. The van der Waals surface area contributed by atoms with Gasteiger partial charge in [0.2, 0.25) is 11.8 Å². The van der Waals surface area contributed by atoms with E-state index in [4.69, 9.17) is 9.40 Å². The van der Waals surface area contributed by atoms with E-state index >= 15 is 0 Å². The van der Waals surface area contributed by atoms with Gasteiger partial charge in [0.25, 0.3) is 0 Å². The Hall–Kier alpha value is -2.44. The molecule has 0 bridgehead atoms. The van der Waals surface area contributed by atoms with E-state index in [1.54, 1.807) is 23.1 Å². The molecule has 0 aliphatic carbocycles. The molecule has 0 saturated carbocycles. The molecule has 0 amide bonds. The molecule has 2 aromatic heterocycles. The standard InChI is InChI=1S/C19H15N3OS2/c1-13(17-21-22-18(23-17)15-10-6-3-7-11-15)25-19-20-16(12-24-19)14-8-4-2-5-9-14/h2-13H,1H3/t13-/m1/s1. The number of nitrogens with zero attached hydrogens (tertiary/aromatic N) is 3. The predicted molar refractivity (Wildman–Crippen MR) is 102 cm³/mol. The number of aromatic nitrogens is 3. The van der Waals surface area contributed by atoms with Crippen molar-refractivity contribution in [2.75, 3.05) is 0 Å². The zero-order chi connectivity index (χ0) is 17.1. The second kappa shape index (κ2) is 7.21. The Kier molecular flexibility index (Phi) is 4.63. The number of rotatable bonds is 5. The lowest BCUT2D eigenvalue weighted by Crippen LogP contribution is -1.88. The number of thioether (sulfide) groups is 1. The molecule has 124 valence electrons. The first-order valence-electron chi connectivity index (χ1n) is 7.86. The summed E-state index contributed by atoms with van der Waals surface area (Å²) >= 11 is 3.26. The molecule has 0 N–H and O–H groups in total. The van der Waals surface area contributed by atoms with Gasteiger partial charge in [0, 0.05) is 16.5 Å². The van der Waals surface area contributed by atoms with Crippen molar-refractivity contribution in [3.8, 4) is 22.7 Å². The van der Waals surface area contributed by atoms with Gasteiger partial charge in [0.1, 0.15) is 0 Å². The maximum absolute atomic E-state index is 5.83. The number of benzene rings is 2. The largest absolute Gasteiger partial charge is 0.419 e. The Morgan fingerprint density at radius 1 is 0.920 bits per heavy atom. The highest BCUT2D eigenvalue weighted by atomic mass is 32.2. The summed E-state index contributed by atoms with van der Waals surface area (Å²) in [6.45, 7) is 2.05. The number of hydrogen-bond donors (Lipinski definition) is 0. The molecule has 0 aliphatic rings. The van der Waals surface area contributed by atoms with E-state index in [1.165, 1.54) is 0 Å². The van der Waals surface area contributed by atoms with Crippen molar-refractivity contribution in [2.45, 2.75) is 16.5 Å². The van der Waals surface area contributed by atoms with Gasteiger partial charge in [-0.25, -0.2) is 4.98 Å². The van der Waals surface area contributed by atoms with Crippen molar-refractivity contribution in [1.82, 2.24) is 15.2 Å². The maximum atomic E-state index is 5.83. The Labute approximate surface area is 154 Å². The van der Waals surface area contributed by atoms with E-state index in [0.29, 0.717) is 11.8 Å². The van der Waals surface area contributed by atoms with Crippen LogP contribution < -0.4 is 0 Å². The third-order valence-electron chi connectivity index (χ3n) is 3.64. The molecule has 0 spiro atoms. The lowest BCUT2D eigenvalue weighted by Gasteiger charge is -2.03. The van der Waals surface area contributed by atoms with Crippen LogP contribution in [-0.2, 0) is 0 Å². The Bertz CT molecular complexity index is 951. The third-order valence-corrected chi connectivity index (χ3v) is 5.70. The van der Waals surface area contributed by atoms with Crippen LogP contribution in [0.4, 0.5) is 0 Å². The number of hydrogen-bond acceptors (Lipinski definition) is 6. The number of thiazole rings is 1. The molecule has 25 heavy (non-hydrogen) atoms. The van der Waals surface area contributed by atoms with Crippen LogP contribution in [0.15, 0.2) is 74.8 Å². The van der Waals surface area contributed by atoms with E-state index in [-0.39, 0.29) is 5.25 Å². The van der Waals surface area contributed by atoms with Crippen molar-refractivity contribution >= 4 is 23.1 Å². The highest BCUT2D eigenvalue weighted by Gasteiger charge is 2.18. The summed E-state index contributed by atoms with van der Waals surface area (Å²) in [5.74, 6) is 1.16. The van der Waals surface area contributed by atoms with E-state index < -0.39 is 0 Å². The molecule has 0 saturated heterocycles. The molecule has 0 aliphatic heterocycles. The van der Waals surface area contributed by atoms with Gasteiger partial charge in [-0.1, -0.05) is 60.3 Å². The summed E-state index contributed by atoms with van der Waals surface area (Å²) in [5, 5.41) is 10.5. The van der Waals surface area contributed by atoms with E-state index in [1.807, 2.05) is 48.5 Å². The van der Waals surface area contributed by atoms with Crippen LogP contribution in [-0.4, -0.2) is 15.2 Å². The summed E-state index contributed by atoms with van der Waals surface area (Å²) in [4.78, 5) is 4.70. The monoisotopic (exact) mass is 365 g/mol. The lowest BCUT2D eigenvalue weighted by atomic mass is 10.2. The fraction of sp³-hybridized carbons (Fsp3) is 0.105. The predicted octanol–water partition coefficient (Wildman–Crippen LogP) is 5.71. The quantitative estimate of drug-likeness (QED) is 0.424. The van der Waals surface area contributed by atoms with Crippen LogP contribution in [0.25, 0.3) is 22.7 Å². The molecule has 0 fully saturated rings. The first kappa shape index (κ1) is 16.1. The minimum absolute atomic E-state index is 0.0414. The third kappa shape index (κ3) is 3.65. The van der Waals surface area contributed by atoms with Crippen molar-refractivity contribution < 1.29 is 4.42 Å². The SMILES string of the molecule is C[C@@H](Sc1nc(-c2ccccc2)cs1)c1nnc(-c2ccccc2)o1. The molecule has 0 radical (unpaired) electrons. The second-order valence-electron chi connectivity index (χ2n) is 5.44. The Morgan fingerprint density at radius 3 is 2.32 bits per heavy atom. The van der Waals surface area contributed by atoms with E-state index in [9.17, 15) is 0 Å². The zero-order valence-corrected chi connectivity index (χ0v) is 15.1. The molecule has 1 atom stereocenters. The van der Waals surface area contributed by atoms with Gasteiger partial charge in [-0.15, -0.1) is 21.5 Å². The summed E-state index contributed by atoms with van der Waals surface area (Å²) in [5.41, 5.74) is 3.05. The van der Waals surface area contributed by atoms with E-state index in [0.717, 1.165) is 21.2 Å². The summed E-state index contributed by atoms with van der Waals surface area (Å²) in [6.07, 6.45) is 0. The van der Waals surface area contributed by atoms with Crippen LogP contribution >= 0.6 is 23.1 Å². The molecule has 6 heteroatoms. The fourth-order valence-electron chi connectivity index (χ4n) is 2.35. The van der Waals surface area contributed by atoms with Gasteiger partial charge in [-0.05, 0) is 19.1 Å². The van der Waals surface area contributed by atoms with Gasteiger partial charge in [-0.2, -0.15) is 0 Å². The van der Waals surface area contributed by atoms with Crippen LogP contribution in [0, 0.1) is 0 Å². The van der Waals surface area contributed by atoms with Crippen molar-refractivity contribution in [2.24, 2.45) is 0 Å². The van der Waals surface area contributed by atoms with Crippen LogP contribution in [0.5, 0.6) is 0 Å². The van der Waals surface area contributed by atoms with Gasteiger partial charge in [0.15, 0.2) is 4.34 Å². The molecule has 4 rings (SSSR count). The molecule has 4 aromatic rings. The molecular weight excluding hydrogens is 350 g/mol.